The Morgan fingerprint density at radius 2 is 1.45 bits per heavy atom. The monoisotopic (exact) mass is 437 g/mol. The molecule has 0 N–H and O–H groups in total. The molecule has 7 heteroatoms. The first-order valence-electron chi connectivity index (χ1n) is 9.85. The molecule has 0 unspecified atom stereocenters. The van der Waals surface area contributed by atoms with Crippen molar-refractivity contribution in [1.29, 1.82) is 0 Å². The molecular formula is C24H21F2N3OS. The van der Waals surface area contributed by atoms with E-state index in [1.165, 1.54) is 36.0 Å². The Kier molecular flexibility index (Phi) is 6.32. The highest BCUT2D eigenvalue weighted by Crippen LogP contribution is 2.41. The van der Waals surface area contributed by atoms with Gasteiger partial charge in [0.05, 0.1) is 17.9 Å². The maximum Gasteiger partial charge on any atom is 0.192 e. The zero-order valence-corrected chi connectivity index (χ0v) is 17.9. The summed E-state index contributed by atoms with van der Waals surface area (Å²) >= 11 is 1.49. The molecule has 0 saturated carbocycles. The summed E-state index contributed by atoms with van der Waals surface area (Å²) in [5.74, 6) is 0.817. The van der Waals surface area contributed by atoms with Gasteiger partial charge in [-0.3, -0.25) is 0 Å². The number of rotatable bonds is 7. The minimum Gasteiger partial charge on any atom is -0.496 e. The second-order valence-electron chi connectivity index (χ2n) is 6.85. The van der Waals surface area contributed by atoms with Crippen LogP contribution >= 0.6 is 11.8 Å². The Balaban J connectivity index is 1.76. The molecular weight excluding hydrogens is 416 g/mol. The van der Waals surface area contributed by atoms with E-state index < -0.39 is 0 Å². The smallest absolute Gasteiger partial charge is 0.192 e. The van der Waals surface area contributed by atoms with Crippen LogP contribution in [-0.4, -0.2) is 21.9 Å². The highest BCUT2D eigenvalue weighted by Gasteiger charge is 2.22. The van der Waals surface area contributed by atoms with Gasteiger partial charge in [0, 0.05) is 6.54 Å². The van der Waals surface area contributed by atoms with Crippen LogP contribution < -0.4 is 4.74 Å². The first-order chi connectivity index (χ1) is 15.1. The van der Waals surface area contributed by atoms with E-state index in [1.807, 2.05) is 35.8 Å². The highest BCUT2D eigenvalue weighted by atomic mass is 32.2. The summed E-state index contributed by atoms with van der Waals surface area (Å²) < 4.78 is 34.5. The summed E-state index contributed by atoms with van der Waals surface area (Å²) in [6, 6.07) is 20.3. The van der Waals surface area contributed by atoms with Gasteiger partial charge in [-0.05, 0) is 54.4 Å². The molecule has 4 rings (SSSR count). The van der Waals surface area contributed by atoms with Crippen molar-refractivity contribution in [3.8, 4) is 17.1 Å². The van der Waals surface area contributed by atoms with Crippen molar-refractivity contribution in [3.63, 3.8) is 0 Å². The van der Waals surface area contributed by atoms with Crippen LogP contribution in [0.2, 0.25) is 0 Å². The molecule has 0 spiro atoms. The molecule has 0 radical (unpaired) electrons. The van der Waals surface area contributed by atoms with Crippen LogP contribution in [-0.2, 0) is 6.54 Å². The van der Waals surface area contributed by atoms with E-state index >= 15 is 0 Å². The fourth-order valence-electron chi connectivity index (χ4n) is 3.40. The Labute approximate surface area is 183 Å². The lowest BCUT2D eigenvalue weighted by Gasteiger charge is -2.18. The van der Waals surface area contributed by atoms with Crippen LogP contribution in [0, 0.1) is 11.6 Å². The van der Waals surface area contributed by atoms with Gasteiger partial charge in [-0.25, -0.2) is 8.78 Å². The van der Waals surface area contributed by atoms with Crippen LogP contribution in [0.1, 0.15) is 23.3 Å². The van der Waals surface area contributed by atoms with Gasteiger partial charge in [-0.1, -0.05) is 48.2 Å². The molecule has 3 aromatic carbocycles. The average Bonchev–Trinajstić information content (AvgIpc) is 3.21. The number of halogens is 2. The van der Waals surface area contributed by atoms with Gasteiger partial charge >= 0.3 is 0 Å². The van der Waals surface area contributed by atoms with Crippen molar-refractivity contribution in [1.82, 2.24) is 14.8 Å². The number of para-hydroxylation sites is 1. The van der Waals surface area contributed by atoms with Crippen molar-refractivity contribution in [3.05, 3.63) is 95.6 Å². The van der Waals surface area contributed by atoms with E-state index in [1.54, 1.807) is 31.4 Å². The highest BCUT2D eigenvalue weighted by molar-refractivity contribution is 7.99. The molecule has 0 aliphatic rings. The molecule has 0 amide bonds. The predicted octanol–water partition coefficient (Wildman–Crippen LogP) is 6.13. The van der Waals surface area contributed by atoms with Gasteiger partial charge in [0.15, 0.2) is 11.0 Å². The normalized spacial score (nSPS) is 11.1. The maximum atomic E-state index is 13.5. The predicted molar refractivity (Wildman–Crippen MR) is 118 cm³/mol. The minimum absolute atomic E-state index is 0.207. The summed E-state index contributed by atoms with van der Waals surface area (Å²) in [5, 5.41) is 9.37. The number of aromatic nitrogens is 3. The SMILES string of the molecule is CCn1c(SC(c2ccc(F)cc2)c2ccc(F)cc2)nnc1-c1ccccc1OC. The number of benzene rings is 3. The third-order valence-electron chi connectivity index (χ3n) is 4.95. The first-order valence-corrected chi connectivity index (χ1v) is 10.7. The van der Waals surface area contributed by atoms with Gasteiger partial charge < -0.3 is 9.30 Å². The van der Waals surface area contributed by atoms with Gasteiger partial charge in [-0.2, -0.15) is 0 Å². The van der Waals surface area contributed by atoms with E-state index in [9.17, 15) is 8.78 Å². The van der Waals surface area contributed by atoms with Crippen LogP contribution in [0.4, 0.5) is 8.78 Å². The topological polar surface area (TPSA) is 39.9 Å². The number of hydrogen-bond acceptors (Lipinski definition) is 4. The molecule has 31 heavy (non-hydrogen) atoms. The molecule has 0 aliphatic carbocycles. The van der Waals surface area contributed by atoms with Crippen LogP contribution in [0.25, 0.3) is 11.4 Å². The number of methoxy groups -OCH3 is 1. The molecule has 0 aliphatic heterocycles. The molecule has 4 nitrogen and oxygen atoms in total. The van der Waals surface area contributed by atoms with E-state index in [0.717, 1.165) is 22.4 Å². The van der Waals surface area contributed by atoms with Crippen molar-refractivity contribution in [2.24, 2.45) is 0 Å². The van der Waals surface area contributed by atoms with Crippen LogP contribution in [0.15, 0.2) is 78.0 Å². The lowest BCUT2D eigenvalue weighted by molar-refractivity contribution is 0.416. The molecule has 0 bridgehead atoms. The molecule has 1 aromatic heterocycles. The molecule has 158 valence electrons. The second kappa shape index (κ2) is 9.31. The van der Waals surface area contributed by atoms with Crippen LogP contribution in [0.5, 0.6) is 5.75 Å². The van der Waals surface area contributed by atoms with E-state index in [-0.39, 0.29) is 16.9 Å². The number of ether oxygens (including phenoxy) is 1. The Morgan fingerprint density at radius 1 is 0.871 bits per heavy atom. The standard InChI is InChI=1S/C24H21F2N3OS/c1-3-29-23(20-6-4-5-7-21(20)30-2)27-28-24(29)31-22(16-8-12-18(25)13-9-16)17-10-14-19(26)15-11-17/h4-15,22H,3H2,1-2H3. The molecule has 1 heterocycles. The fourth-order valence-corrected chi connectivity index (χ4v) is 4.63. The summed E-state index contributed by atoms with van der Waals surface area (Å²) in [6.07, 6.45) is 0. The zero-order chi connectivity index (χ0) is 21.8. The van der Waals surface area contributed by atoms with Crippen molar-refractivity contribution < 1.29 is 13.5 Å². The van der Waals surface area contributed by atoms with E-state index in [0.29, 0.717) is 17.5 Å². The van der Waals surface area contributed by atoms with E-state index in [2.05, 4.69) is 10.2 Å². The van der Waals surface area contributed by atoms with Crippen molar-refractivity contribution in [2.45, 2.75) is 23.9 Å². The molecule has 0 atom stereocenters. The van der Waals surface area contributed by atoms with Crippen molar-refractivity contribution in [2.75, 3.05) is 7.11 Å². The van der Waals surface area contributed by atoms with Gasteiger partial charge in [0.25, 0.3) is 0 Å². The maximum absolute atomic E-state index is 13.5. The second-order valence-corrected chi connectivity index (χ2v) is 7.92. The molecule has 0 saturated heterocycles. The zero-order valence-electron chi connectivity index (χ0n) is 17.1. The number of hydrogen-bond donors (Lipinski definition) is 0. The Morgan fingerprint density at radius 3 is 2.00 bits per heavy atom. The lowest BCUT2D eigenvalue weighted by atomic mass is 10.0. The molecule has 4 aromatic rings. The third-order valence-corrected chi connectivity index (χ3v) is 6.24. The minimum atomic E-state index is -0.304. The van der Waals surface area contributed by atoms with Gasteiger partial charge in [-0.15, -0.1) is 10.2 Å². The summed E-state index contributed by atoms with van der Waals surface area (Å²) in [5.41, 5.74) is 2.64. The molecule has 0 fully saturated rings. The third kappa shape index (κ3) is 4.46. The Bertz CT molecular complexity index is 1110. The van der Waals surface area contributed by atoms with Gasteiger partial charge in [0.2, 0.25) is 0 Å². The summed E-state index contributed by atoms with van der Waals surface area (Å²) in [4.78, 5) is 0. The fraction of sp³-hybridized carbons (Fsp3) is 0.167. The largest absolute Gasteiger partial charge is 0.496 e. The quantitative estimate of drug-likeness (QED) is 0.326. The summed E-state index contributed by atoms with van der Waals surface area (Å²) in [7, 11) is 1.63. The van der Waals surface area contributed by atoms with Gasteiger partial charge in [0.1, 0.15) is 17.4 Å². The van der Waals surface area contributed by atoms with E-state index in [4.69, 9.17) is 4.74 Å². The Hall–Kier alpha value is -3.19. The summed E-state index contributed by atoms with van der Waals surface area (Å²) in [6.45, 7) is 2.68. The van der Waals surface area contributed by atoms with Crippen molar-refractivity contribution >= 4 is 11.8 Å². The first kappa shape index (κ1) is 21.1. The number of thioether (sulfide) groups is 1. The average molecular weight is 438 g/mol. The number of nitrogens with zero attached hydrogens (tertiary/aromatic N) is 3. The lowest BCUT2D eigenvalue weighted by Crippen LogP contribution is -2.04. The van der Waals surface area contributed by atoms with Crippen LogP contribution in [0.3, 0.4) is 0 Å².